The van der Waals surface area contributed by atoms with Crippen molar-refractivity contribution < 1.29 is 9.53 Å². The second kappa shape index (κ2) is 8.26. The van der Waals surface area contributed by atoms with Gasteiger partial charge in [0.25, 0.3) is 0 Å². The summed E-state index contributed by atoms with van der Waals surface area (Å²) in [5.41, 5.74) is 0.462. The maximum Gasteiger partial charge on any atom is 0.338 e. The van der Waals surface area contributed by atoms with E-state index in [9.17, 15) is 4.79 Å². The highest BCUT2D eigenvalue weighted by Crippen LogP contribution is 2.09. The summed E-state index contributed by atoms with van der Waals surface area (Å²) in [7, 11) is 0. The third kappa shape index (κ3) is 5.40. The van der Waals surface area contributed by atoms with Gasteiger partial charge in [-0.25, -0.2) is 4.79 Å². The van der Waals surface area contributed by atoms with Gasteiger partial charge in [-0.1, -0.05) is 13.5 Å². The summed E-state index contributed by atoms with van der Waals surface area (Å²) in [4.78, 5) is 15.0. The Bertz CT molecular complexity index is 314. The molecule has 0 saturated heterocycles. The summed E-state index contributed by atoms with van der Waals surface area (Å²) < 4.78 is 4.97. The van der Waals surface area contributed by atoms with Crippen LogP contribution in [0.4, 0.5) is 0 Å². The van der Waals surface area contributed by atoms with Crippen LogP contribution in [0.25, 0.3) is 0 Å². The molecule has 0 spiro atoms. The monoisotopic (exact) mass is 249 g/mol. The summed E-state index contributed by atoms with van der Waals surface area (Å²) in [6, 6.07) is 3.38. The minimum Gasteiger partial charge on any atom is -0.422 e. The highest BCUT2D eigenvalue weighted by atomic mass is 35.5. The zero-order valence-corrected chi connectivity index (χ0v) is 9.94. The quantitative estimate of drug-likeness (QED) is 0.611. The second-order valence-corrected chi connectivity index (χ2v) is 2.54. The van der Waals surface area contributed by atoms with Crippen LogP contribution < -0.4 is 4.74 Å². The highest BCUT2D eigenvalue weighted by Gasteiger charge is 2.06. The lowest BCUT2D eigenvalue weighted by Crippen LogP contribution is -2.09. The molecule has 1 aromatic heterocycles. The zero-order chi connectivity index (χ0) is 9.68. The fourth-order valence-corrected chi connectivity index (χ4v) is 0.731. The molecule has 15 heavy (non-hydrogen) atoms. The molecule has 1 rings (SSSR count). The van der Waals surface area contributed by atoms with E-state index in [0.29, 0.717) is 17.7 Å². The molecule has 0 saturated carbocycles. The van der Waals surface area contributed by atoms with Gasteiger partial charge in [0.05, 0.1) is 6.20 Å². The van der Waals surface area contributed by atoms with E-state index in [4.69, 9.17) is 4.74 Å². The molecule has 0 aliphatic carbocycles. The molecule has 0 aromatic carbocycles. The number of hydrogen-bond donors (Lipinski definition) is 0. The van der Waals surface area contributed by atoms with Crippen molar-refractivity contribution in [2.24, 2.45) is 0 Å². The number of hydrogen-bond acceptors (Lipinski definition) is 3. The molecule has 3 nitrogen and oxygen atoms in total. The molecule has 5 heteroatoms. The van der Waals surface area contributed by atoms with Crippen molar-refractivity contribution in [1.29, 1.82) is 0 Å². The molecule has 0 radical (unpaired) electrons. The molecule has 0 aliphatic rings. The Morgan fingerprint density at radius 1 is 1.53 bits per heavy atom. The molecular formula is C10H13Cl2NO2. The Labute approximate surface area is 101 Å². The van der Waals surface area contributed by atoms with Crippen LogP contribution in [0.1, 0.15) is 13.3 Å². The summed E-state index contributed by atoms with van der Waals surface area (Å²) >= 11 is 0. The molecule has 0 bridgehead atoms. The van der Waals surface area contributed by atoms with Crippen LogP contribution in [0.3, 0.4) is 0 Å². The van der Waals surface area contributed by atoms with Crippen molar-refractivity contribution in [2.45, 2.75) is 13.3 Å². The van der Waals surface area contributed by atoms with Gasteiger partial charge < -0.3 is 4.74 Å². The smallest absolute Gasteiger partial charge is 0.338 e. The van der Waals surface area contributed by atoms with Gasteiger partial charge >= 0.3 is 5.97 Å². The number of esters is 1. The fourth-order valence-electron chi connectivity index (χ4n) is 0.731. The predicted molar refractivity (Wildman–Crippen MR) is 63.8 cm³/mol. The van der Waals surface area contributed by atoms with Gasteiger partial charge in [0.2, 0.25) is 0 Å². The first-order valence-corrected chi connectivity index (χ1v) is 4.04. The molecule has 0 N–H and O–H groups in total. The molecule has 0 aliphatic heterocycles. The molecule has 1 aromatic rings. The van der Waals surface area contributed by atoms with Gasteiger partial charge in [0, 0.05) is 11.8 Å². The third-order valence-electron chi connectivity index (χ3n) is 1.56. The molecule has 0 unspecified atom stereocenters. The number of aromatic nitrogens is 1. The second-order valence-electron chi connectivity index (χ2n) is 2.54. The summed E-state index contributed by atoms with van der Waals surface area (Å²) in [6.45, 7) is 5.43. The number of carbonyl (C=O) groups is 1. The Morgan fingerprint density at radius 2 is 2.20 bits per heavy atom. The van der Waals surface area contributed by atoms with Gasteiger partial charge in [0.1, 0.15) is 5.75 Å². The maximum atomic E-state index is 11.2. The Hall–Kier alpha value is -1.06. The van der Waals surface area contributed by atoms with Gasteiger partial charge in [-0.3, -0.25) is 4.98 Å². The topological polar surface area (TPSA) is 39.2 Å². The standard InChI is InChI=1S/C10H11NO2.2ClH/c1-3-8(2)10(12)13-9-5-4-6-11-7-9;;/h4-7H,2-3H2,1H3;2*1H. The van der Waals surface area contributed by atoms with Crippen molar-refractivity contribution in [2.75, 3.05) is 0 Å². The van der Waals surface area contributed by atoms with Crippen LogP contribution >= 0.6 is 24.8 Å². The SMILES string of the molecule is C=C(CC)C(=O)Oc1cccnc1.Cl.Cl. The number of ether oxygens (including phenoxy) is 1. The number of nitrogens with zero attached hydrogens (tertiary/aromatic N) is 1. The predicted octanol–water partition coefficient (Wildman–Crippen LogP) is 2.80. The Morgan fingerprint density at radius 3 is 2.67 bits per heavy atom. The van der Waals surface area contributed by atoms with Crippen molar-refractivity contribution in [3.05, 3.63) is 36.7 Å². The minimum atomic E-state index is -0.393. The molecule has 0 atom stereocenters. The molecule has 0 fully saturated rings. The third-order valence-corrected chi connectivity index (χ3v) is 1.56. The molecule has 1 heterocycles. The van der Waals surface area contributed by atoms with E-state index >= 15 is 0 Å². The van der Waals surface area contributed by atoms with E-state index < -0.39 is 5.97 Å². The van der Waals surface area contributed by atoms with Gasteiger partial charge in [-0.15, -0.1) is 24.8 Å². The first-order valence-electron chi connectivity index (χ1n) is 4.04. The van der Waals surface area contributed by atoms with Crippen LogP contribution in [-0.4, -0.2) is 11.0 Å². The lowest BCUT2D eigenvalue weighted by Gasteiger charge is -2.03. The van der Waals surface area contributed by atoms with E-state index in [0.717, 1.165) is 0 Å². The van der Waals surface area contributed by atoms with Crippen LogP contribution in [0.2, 0.25) is 0 Å². The molecular weight excluding hydrogens is 237 g/mol. The van der Waals surface area contributed by atoms with Crippen molar-refractivity contribution in [1.82, 2.24) is 4.98 Å². The molecule has 84 valence electrons. The van der Waals surface area contributed by atoms with E-state index in [-0.39, 0.29) is 24.8 Å². The number of halogens is 2. The highest BCUT2D eigenvalue weighted by molar-refractivity contribution is 5.89. The summed E-state index contributed by atoms with van der Waals surface area (Å²) in [6.07, 6.45) is 3.70. The summed E-state index contributed by atoms with van der Waals surface area (Å²) in [5.74, 6) is 0.0533. The van der Waals surface area contributed by atoms with Crippen molar-refractivity contribution in [3.63, 3.8) is 0 Å². The lowest BCUT2D eigenvalue weighted by molar-refractivity contribution is -0.130. The zero-order valence-electron chi connectivity index (χ0n) is 8.30. The number of pyridine rings is 1. The van der Waals surface area contributed by atoms with Crippen LogP contribution in [0.5, 0.6) is 5.75 Å². The summed E-state index contributed by atoms with van der Waals surface area (Å²) in [5, 5.41) is 0. The largest absolute Gasteiger partial charge is 0.422 e. The van der Waals surface area contributed by atoms with Gasteiger partial charge in [-0.05, 0) is 18.6 Å². The van der Waals surface area contributed by atoms with E-state index in [1.807, 2.05) is 6.92 Å². The van der Waals surface area contributed by atoms with Gasteiger partial charge in [-0.2, -0.15) is 0 Å². The van der Waals surface area contributed by atoms with Crippen LogP contribution in [0, 0.1) is 0 Å². The first-order chi connectivity index (χ1) is 6.24. The van der Waals surface area contributed by atoms with Crippen LogP contribution in [-0.2, 0) is 4.79 Å². The fraction of sp³-hybridized carbons (Fsp3) is 0.200. The van der Waals surface area contributed by atoms with Crippen LogP contribution in [0.15, 0.2) is 36.7 Å². The normalized spacial score (nSPS) is 8.07. The average molecular weight is 250 g/mol. The lowest BCUT2D eigenvalue weighted by atomic mass is 10.2. The average Bonchev–Trinajstić information content (AvgIpc) is 2.18. The minimum absolute atomic E-state index is 0. The Kier molecular flexibility index (Phi) is 9.02. The van der Waals surface area contributed by atoms with Gasteiger partial charge in [0.15, 0.2) is 0 Å². The number of carbonyl (C=O) groups excluding carboxylic acids is 1. The maximum absolute atomic E-state index is 11.2. The number of rotatable bonds is 3. The Balaban J connectivity index is 0. The van der Waals surface area contributed by atoms with Crippen molar-refractivity contribution in [3.8, 4) is 5.75 Å². The molecule has 0 amide bonds. The first kappa shape index (κ1) is 16.4. The van der Waals surface area contributed by atoms with E-state index in [1.165, 1.54) is 6.20 Å². The van der Waals surface area contributed by atoms with E-state index in [1.54, 1.807) is 18.3 Å². The van der Waals surface area contributed by atoms with Crippen molar-refractivity contribution >= 4 is 30.8 Å². The van der Waals surface area contributed by atoms with E-state index in [2.05, 4.69) is 11.6 Å².